The average Bonchev–Trinajstić information content (AvgIpc) is 3.47. The molecule has 296 valence electrons. The second-order valence-electron chi connectivity index (χ2n) is 20.6. The summed E-state index contributed by atoms with van der Waals surface area (Å²) in [6, 6.07) is 50.9. The summed E-state index contributed by atoms with van der Waals surface area (Å²) in [5, 5.41) is 4.13. The van der Waals surface area contributed by atoms with Crippen LogP contribution < -0.4 is 21.1 Å². The molecule has 0 saturated carbocycles. The number of anilines is 5. The SMILES string of the molecule is Cc1cc(-c2ccc(-c3ccccc3)cc2Nc2cccc3c2C(C)(C)c2ccccc2-3)c2c(c1)N1c3cc4c(cc3C(C)(C)c3cccc(c31)B2)C(C)(C)CCC4(C)C. The lowest BCUT2D eigenvalue weighted by Crippen LogP contribution is -2.46. The average molecular weight is 779 g/mol. The summed E-state index contributed by atoms with van der Waals surface area (Å²) in [4.78, 5) is 2.67. The summed E-state index contributed by atoms with van der Waals surface area (Å²) in [7, 11) is 0.877. The topological polar surface area (TPSA) is 15.3 Å². The fourth-order valence-electron chi connectivity index (χ4n) is 11.7. The monoisotopic (exact) mass is 778 g/mol. The van der Waals surface area contributed by atoms with E-state index in [1.54, 1.807) is 0 Å². The van der Waals surface area contributed by atoms with Crippen LogP contribution in [0.15, 0.2) is 133 Å². The van der Waals surface area contributed by atoms with Crippen molar-refractivity contribution in [1.82, 2.24) is 0 Å². The number of hydrogen-bond donors (Lipinski definition) is 1. The Morgan fingerprint density at radius 1 is 0.483 bits per heavy atom. The van der Waals surface area contributed by atoms with Gasteiger partial charge >= 0.3 is 0 Å². The van der Waals surface area contributed by atoms with Gasteiger partial charge in [-0.3, -0.25) is 0 Å². The number of hydrogen-bond acceptors (Lipinski definition) is 2. The van der Waals surface area contributed by atoms with Gasteiger partial charge in [0.1, 0.15) is 0 Å². The maximum atomic E-state index is 4.13. The highest BCUT2D eigenvalue weighted by Gasteiger charge is 2.45. The Balaban J connectivity index is 1.14. The molecule has 60 heavy (non-hydrogen) atoms. The van der Waals surface area contributed by atoms with Crippen molar-refractivity contribution in [2.24, 2.45) is 0 Å². The van der Waals surface area contributed by atoms with Crippen molar-refractivity contribution in [2.45, 2.75) is 96.8 Å². The van der Waals surface area contributed by atoms with Crippen molar-refractivity contribution in [1.29, 1.82) is 0 Å². The Morgan fingerprint density at radius 3 is 1.95 bits per heavy atom. The van der Waals surface area contributed by atoms with E-state index >= 15 is 0 Å². The third-order valence-electron chi connectivity index (χ3n) is 15.1. The van der Waals surface area contributed by atoms with Crippen molar-refractivity contribution >= 4 is 46.6 Å². The maximum Gasteiger partial charge on any atom is 0.198 e. The Bertz CT molecular complexity index is 2950. The molecule has 2 nitrogen and oxygen atoms in total. The zero-order chi connectivity index (χ0) is 41.5. The van der Waals surface area contributed by atoms with Gasteiger partial charge in [0.05, 0.1) is 5.69 Å². The third kappa shape index (κ3) is 5.27. The normalized spacial score (nSPS) is 17.6. The predicted molar refractivity (Wildman–Crippen MR) is 258 cm³/mol. The molecule has 1 N–H and O–H groups in total. The second-order valence-corrected chi connectivity index (χ2v) is 20.6. The summed E-state index contributed by atoms with van der Waals surface area (Å²) >= 11 is 0. The van der Waals surface area contributed by atoms with Crippen LogP contribution in [0.2, 0.25) is 0 Å². The molecule has 2 heterocycles. The van der Waals surface area contributed by atoms with Crippen LogP contribution in [0.3, 0.4) is 0 Å². The molecule has 11 rings (SSSR count). The van der Waals surface area contributed by atoms with Crippen molar-refractivity contribution in [3.8, 4) is 33.4 Å². The molecule has 0 fully saturated rings. The minimum Gasteiger partial charge on any atom is -0.355 e. The van der Waals surface area contributed by atoms with E-state index in [-0.39, 0.29) is 21.7 Å². The third-order valence-corrected chi connectivity index (χ3v) is 15.1. The summed E-state index contributed by atoms with van der Waals surface area (Å²) < 4.78 is 0. The molecule has 3 heteroatoms. The van der Waals surface area contributed by atoms with E-state index in [2.05, 4.69) is 206 Å². The maximum absolute atomic E-state index is 4.13. The van der Waals surface area contributed by atoms with E-state index in [0.717, 1.165) is 13.0 Å². The highest BCUT2D eigenvalue weighted by Crippen LogP contribution is 2.57. The Morgan fingerprint density at radius 2 is 1.17 bits per heavy atom. The first-order chi connectivity index (χ1) is 28.6. The van der Waals surface area contributed by atoms with E-state index in [0.29, 0.717) is 0 Å². The van der Waals surface area contributed by atoms with E-state index in [4.69, 9.17) is 0 Å². The zero-order valence-corrected chi connectivity index (χ0v) is 36.8. The smallest absolute Gasteiger partial charge is 0.198 e. The van der Waals surface area contributed by atoms with Gasteiger partial charge in [0.15, 0.2) is 7.28 Å². The molecule has 0 unspecified atom stereocenters. The second kappa shape index (κ2) is 12.6. The van der Waals surface area contributed by atoms with E-state index in [1.165, 1.54) is 119 Å². The summed E-state index contributed by atoms with van der Waals surface area (Å²) in [6.45, 7) is 21.8. The summed E-state index contributed by atoms with van der Waals surface area (Å²) in [5.41, 5.74) is 26.6. The summed E-state index contributed by atoms with van der Waals surface area (Å²) in [6.07, 6.45) is 2.40. The molecule has 0 radical (unpaired) electrons. The van der Waals surface area contributed by atoms with Gasteiger partial charge in [0.25, 0.3) is 0 Å². The molecule has 4 aliphatic rings. The molecule has 0 aromatic heterocycles. The largest absolute Gasteiger partial charge is 0.355 e. The van der Waals surface area contributed by atoms with Crippen molar-refractivity contribution in [3.05, 3.63) is 172 Å². The summed E-state index contributed by atoms with van der Waals surface area (Å²) in [5.74, 6) is 0. The molecule has 7 aromatic carbocycles. The standard InChI is InChI=1S/C57H55BN2/c1-34-29-40(38-26-25-36(35-17-11-10-12-18-35)31-48(38)59-47-24-15-20-39-37-19-13-14-21-41(37)57(8,9)51(39)47)52-50(30-34)60-49-33-44-43(54(2,3)27-28-55(44,4)5)32-45(49)56(6,7)42-22-16-23-46(58-52)53(42)60/h10-26,29-33,58-59H,27-28H2,1-9H3. The van der Waals surface area contributed by atoms with Crippen LogP contribution in [0.4, 0.5) is 28.4 Å². The van der Waals surface area contributed by atoms with Gasteiger partial charge in [0.2, 0.25) is 0 Å². The molecule has 2 aliphatic carbocycles. The Labute approximate surface area is 358 Å². The van der Waals surface area contributed by atoms with Gasteiger partial charge in [-0.05, 0) is 127 Å². The molecule has 0 atom stereocenters. The van der Waals surface area contributed by atoms with E-state index in [1.807, 2.05) is 0 Å². The molecular formula is C57H55BN2. The van der Waals surface area contributed by atoms with Crippen molar-refractivity contribution < 1.29 is 0 Å². The number of aryl methyl sites for hydroxylation is 1. The van der Waals surface area contributed by atoms with Gasteiger partial charge in [-0.1, -0.05) is 170 Å². The molecule has 2 aliphatic heterocycles. The number of rotatable bonds is 4. The molecule has 0 spiro atoms. The fraction of sp³-hybridized carbons (Fsp3) is 0.263. The lowest BCUT2D eigenvalue weighted by atomic mass is 9.55. The number of nitrogens with one attached hydrogen (secondary N) is 1. The highest BCUT2D eigenvalue weighted by molar-refractivity contribution is 6.73. The van der Waals surface area contributed by atoms with Crippen LogP contribution in [0, 0.1) is 6.92 Å². The minimum absolute atomic E-state index is 0.106. The first kappa shape index (κ1) is 37.2. The number of para-hydroxylation sites is 1. The molecule has 0 bridgehead atoms. The van der Waals surface area contributed by atoms with Gasteiger partial charge in [-0.2, -0.15) is 0 Å². The van der Waals surface area contributed by atoms with Crippen LogP contribution >= 0.6 is 0 Å². The first-order valence-electron chi connectivity index (χ1n) is 22.1. The molecule has 0 amide bonds. The number of benzene rings is 7. The van der Waals surface area contributed by atoms with Crippen LogP contribution in [0.5, 0.6) is 0 Å². The Hall–Kier alpha value is -5.80. The van der Waals surface area contributed by atoms with E-state index in [9.17, 15) is 0 Å². The van der Waals surface area contributed by atoms with Gasteiger partial charge in [-0.25, -0.2) is 0 Å². The van der Waals surface area contributed by atoms with Crippen LogP contribution in [0.1, 0.15) is 107 Å². The highest BCUT2D eigenvalue weighted by atomic mass is 15.2. The lowest BCUT2D eigenvalue weighted by Gasteiger charge is -2.49. The molecular weight excluding hydrogens is 723 g/mol. The molecule has 0 saturated heterocycles. The Kier molecular flexibility index (Phi) is 7.83. The molecule has 7 aromatic rings. The van der Waals surface area contributed by atoms with Crippen molar-refractivity contribution in [2.75, 3.05) is 10.2 Å². The van der Waals surface area contributed by atoms with Gasteiger partial charge < -0.3 is 10.2 Å². The first-order valence-corrected chi connectivity index (χ1v) is 22.1. The van der Waals surface area contributed by atoms with Gasteiger partial charge in [0, 0.05) is 39.1 Å². The van der Waals surface area contributed by atoms with Crippen LogP contribution in [-0.4, -0.2) is 7.28 Å². The zero-order valence-electron chi connectivity index (χ0n) is 36.8. The lowest BCUT2D eigenvalue weighted by molar-refractivity contribution is 0.331. The predicted octanol–water partition coefficient (Wildman–Crippen LogP) is 13.5. The quantitative estimate of drug-likeness (QED) is 0.179. The minimum atomic E-state index is -0.144. The van der Waals surface area contributed by atoms with E-state index < -0.39 is 0 Å². The number of fused-ring (bicyclic) bond motifs is 8. The fourth-order valence-corrected chi connectivity index (χ4v) is 11.7. The van der Waals surface area contributed by atoms with Gasteiger partial charge in [-0.15, -0.1) is 0 Å². The van der Waals surface area contributed by atoms with Crippen LogP contribution in [0.25, 0.3) is 33.4 Å². The number of nitrogens with zero attached hydrogens (tertiary/aromatic N) is 1. The van der Waals surface area contributed by atoms with Crippen LogP contribution in [-0.2, 0) is 21.7 Å². The van der Waals surface area contributed by atoms with Crippen molar-refractivity contribution in [3.63, 3.8) is 0 Å².